The number of likely N-dealkylation sites (N-methyl/N-ethyl adjacent to an activating group) is 1. The number of piperazine rings is 1. The van der Waals surface area contributed by atoms with E-state index in [1.807, 2.05) is 0 Å². The molecule has 2 N–H and O–H groups in total. The molecule has 1 aliphatic heterocycles. The van der Waals surface area contributed by atoms with Gasteiger partial charge in [-0.05, 0) is 40.2 Å². The molecule has 1 saturated carbocycles. The molecule has 5 nitrogen and oxygen atoms in total. The van der Waals surface area contributed by atoms with Gasteiger partial charge in [0.25, 0.3) is 0 Å². The summed E-state index contributed by atoms with van der Waals surface area (Å²) in [6.07, 6.45) is 2.96. The average molecular weight is 269 g/mol. The van der Waals surface area contributed by atoms with Crippen LogP contribution in [0.5, 0.6) is 0 Å². The molecule has 2 aliphatic rings. The quantitative estimate of drug-likeness (QED) is 0.740. The lowest BCUT2D eigenvalue weighted by Gasteiger charge is -2.45. The van der Waals surface area contributed by atoms with Crippen molar-refractivity contribution in [3.63, 3.8) is 0 Å². The second-order valence-electron chi connectivity index (χ2n) is 6.63. The molecule has 0 aromatic heterocycles. The van der Waals surface area contributed by atoms with E-state index in [1.54, 1.807) is 0 Å². The van der Waals surface area contributed by atoms with Crippen molar-refractivity contribution in [1.29, 1.82) is 0 Å². The van der Waals surface area contributed by atoms with Crippen molar-refractivity contribution >= 4 is 5.97 Å². The number of rotatable bonds is 6. The largest absolute Gasteiger partial charge is 0.480 e. The fourth-order valence-electron chi connectivity index (χ4n) is 2.66. The summed E-state index contributed by atoms with van der Waals surface area (Å²) in [6.45, 7) is 8.47. The number of carbonyl (C=O) groups is 1. The molecule has 2 fully saturated rings. The van der Waals surface area contributed by atoms with Crippen LogP contribution in [-0.4, -0.2) is 71.7 Å². The smallest absolute Gasteiger partial charge is 0.320 e. The molecule has 1 saturated heterocycles. The minimum Gasteiger partial charge on any atom is -0.480 e. The van der Waals surface area contributed by atoms with Crippen LogP contribution in [0.3, 0.4) is 0 Å². The third kappa shape index (κ3) is 4.16. The number of hydrogen-bond acceptors (Lipinski definition) is 4. The lowest BCUT2D eigenvalue weighted by Crippen LogP contribution is -2.58. The maximum atomic E-state index is 11.2. The van der Waals surface area contributed by atoms with Gasteiger partial charge < -0.3 is 15.3 Å². The molecule has 1 aliphatic carbocycles. The topological polar surface area (TPSA) is 55.8 Å². The Morgan fingerprint density at radius 2 is 2.11 bits per heavy atom. The second kappa shape index (κ2) is 5.77. The molecular weight excluding hydrogens is 242 g/mol. The van der Waals surface area contributed by atoms with Crippen molar-refractivity contribution in [2.45, 2.75) is 50.7 Å². The normalized spacial score (nSPS) is 26.3. The standard InChI is InChI=1S/C14H27N3O2/c1-14(2)10-17(9-8-16(14)3)7-6-12(13(18)19)15-11-4-5-11/h11-12,15H,4-10H2,1-3H3,(H,18,19). The zero-order valence-electron chi connectivity index (χ0n) is 12.4. The van der Waals surface area contributed by atoms with Crippen LogP contribution in [0.25, 0.3) is 0 Å². The number of carboxylic acids is 1. The summed E-state index contributed by atoms with van der Waals surface area (Å²) in [5.74, 6) is -0.708. The van der Waals surface area contributed by atoms with E-state index >= 15 is 0 Å². The molecule has 0 aromatic carbocycles. The highest BCUT2D eigenvalue weighted by Crippen LogP contribution is 2.21. The predicted octanol–water partition coefficient (Wildman–Crippen LogP) is 0.608. The summed E-state index contributed by atoms with van der Waals surface area (Å²) in [7, 11) is 2.16. The molecule has 1 unspecified atom stereocenters. The van der Waals surface area contributed by atoms with Crippen molar-refractivity contribution in [2.24, 2.45) is 0 Å². The van der Waals surface area contributed by atoms with Gasteiger partial charge in [0, 0.05) is 37.8 Å². The van der Waals surface area contributed by atoms with E-state index in [0.29, 0.717) is 12.5 Å². The minimum absolute atomic E-state index is 0.181. The number of carboxylic acid groups (broad SMARTS) is 1. The van der Waals surface area contributed by atoms with E-state index in [0.717, 1.165) is 39.0 Å². The molecule has 0 amide bonds. The van der Waals surface area contributed by atoms with Gasteiger partial charge in [0.05, 0.1) is 0 Å². The van der Waals surface area contributed by atoms with E-state index in [-0.39, 0.29) is 11.6 Å². The molecule has 2 rings (SSSR count). The fourth-order valence-corrected chi connectivity index (χ4v) is 2.66. The van der Waals surface area contributed by atoms with Crippen molar-refractivity contribution < 1.29 is 9.90 Å². The molecule has 0 bridgehead atoms. The van der Waals surface area contributed by atoms with Crippen LogP contribution in [0, 0.1) is 0 Å². The monoisotopic (exact) mass is 269 g/mol. The number of nitrogens with zero attached hydrogens (tertiary/aromatic N) is 2. The first kappa shape index (κ1) is 14.8. The summed E-state index contributed by atoms with van der Waals surface area (Å²) in [5.41, 5.74) is 0.181. The Labute approximate surface area is 115 Å². The Morgan fingerprint density at radius 1 is 1.42 bits per heavy atom. The first-order chi connectivity index (χ1) is 8.88. The summed E-state index contributed by atoms with van der Waals surface area (Å²) in [6, 6.07) is 0.0697. The molecular formula is C14H27N3O2. The SMILES string of the molecule is CN1CCN(CCC(NC2CC2)C(=O)O)CC1(C)C. The molecule has 0 radical (unpaired) electrons. The average Bonchev–Trinajstić information content (AvgIpc) is 3.12. The second-order valence-corrected chi connectivity index (χ2v) is 6.63. The molecule has 5 heteroatoms. The number of aliphatic carboxylic acids is 1. The molecule has 0 spiro atoms. The van der Waals surface area contributed by atoms with Gasteiger partial charge in [-0.2, -0.15) is 0 Å². The molecule has 1 heterocycles. The van der Waals surface area contributed by atoms with Crippen LogP contribution in [0.1, 0.15) is 33.1 Å². The Hall–Kier alpha value is -0.650. The lowest BCUT2D eigenvalue weighted by atomic mass is 9.99. The maximum absolute atomic E-state index is 11.2. The van der Waals surface area contributed by atoms with Crippen LogP contribution < -0.4 is 5.32 Å². The zero-order chi connectivity index (χ0) is 14.0. The van der Waals surface area contributed by atoms with Crippen LogP contribution >= 0.6 is 0 Å². The summed E-state index contributed by atoms with van der Waals surface area (Å²) < 4.78 is 0. The van der Waals surface area contributed by atoms with E-state index in [2.05, 4.69) is 36.0 Å². The van der Waals surface area contributed by atoms with Crippen molar-refractivity contribution in [1.82, 2.24) is 15.1 Å². The maximum Gasteiger partial charge on any atom is 0.320 e. The van der Waals surface area contributed by atoms with E-state index in [9.17, 15) is 9.90 Å². The fraction of sp³-hybridized carbons (Fsp3) is 0.929. The first-order valence-electron chi connectivity index (χ1n) is 7.31. The van der Waals surface area contributed by atoms with Gasteiger partial charge in [0.15, 0.2) is 0 Å². The number of hydrogen-bond donors (Lipinski definition) is 2. The summed E-state index contributed by atoms with van der Waals surface area (Å²) in [5, 5.41) is 12.5. The Bertz CT molecular complexity index is 329. The Balaban J connectivity index is 1.78. The highest BCUT2D eigenvalue weighted by Gasteiger charge is 2.32. The Morgan fingerprint density at radius 3 is 2.63 bits per heavy atom. The third-order valence-corrected chi connectivity index (χ3v) is 4.44. The zero-order valence-corrected chi connectivity index (χ0v) is 12.4. The van der Waals surface area contributed by atoms with Gasteiger partial charge in [0.2, 0.25) is 0 Å². The third-order valence-electron chi connectivity index (χ3n) is 4.44. The van der Waals surface area contributed by atoms with E-state index in [1.165, 1.54) is 0 Å². The van der Waals surface area contributed by atoms with Gasteiger partial charge in [-0.1, -0.05) is 0 Å². The van der Waals surface area contributed by atoms with Crippen LogP contribution in [0.15, 0.2) is 0 Å². The van der Waals surface area contributed by atoms with Gasteiger partial charge in [0.1, 0.15) is 6.04 Å². The van der Waals surface area contributed by atoms with Gasteiger partial charge in [-0.25, -0.2) is 0 Å². The van der Waals surface area contributed by atoms with Crippen molar-refractivity contribution in [2.75, 3.05) is 33.2 Å². The van der Waals surface area contributed by atoms with Gasteiger partial charge >= 0.3 is 5.97 Å². The van der Waals surface area contributed by atoms with Crippen LogP contribution in [-0.2, 0) is 4.79 Å². The minimum atomic E-state index is -0.708. The Kier molecular flexibility index (Phi) is 4.48. The molecule has 0 aromatic rings. The lowest BCUT2D eigenvalue weighted by molar-refractivity contribution is -0.139. The first-order valence-corrected chi connectivity index (χ1v) is 7.31. The number of nitrogens with one attached hydrogen (secondary N) is 1. The molecule has 1 atom stereocenters. The molecule has 19 heavy (non-hydrogen) atoms. The van der Waals surface area contributed by atoms with Crippen molar-refractivity contribution in [3.8, 4) is 0 Å². The van der Waals surface area contributed by atoms with E-state index in [4.69, 9.17) is 0 Å². The highest BCUT2D eigenvalue weighted by atomic mass is 16.4. The van der Waals surface area contributed by atoms with Crippen molar-refractivity contribution in [3.05, 3.63) is 0 Å². The van der Waals surface area contributed by atoms with Gasteiger partial charge in [-0.15, -0.1) is 0 Å². The molecule has 110 valence electrons. The highest BCUT2D eigenvalue weighted by molar-refractivity contribution is 5.73. The summed E-state index contributed by atoms with van der Waals surface area (Å²) >= 11 is 0. The van der Waals surface area contributed by atoms with Gasteiger partial charge in [-0.3, -0.25) is 9.69 Å². The summed E-state index contributed by atoms with van der Waals surface area (Å²) in [4.78, 5) is 16.0. The van der Waals surface area contributed by atoms with E-state index < -0.39 is 5.97 Å². The van der Waals surface area contributed by atoms with Crippen LogP contribution in [0.2, 0.25) is 0 Å². The van der Waals surface area contributed by atoms with Crippen LogP contribution in [0.4, 0.5) is 0 Å². The predicted molar refractivity (Wildman–Crippen MR) is 75.3 cm³/mol.